The maximum atomic E-state index is 2.39. The summed E-state index contributed by atoms with van der Waals surface area (Å²) in [7, 11) is 2.20. The first-order valence-corrected chi connectivity index (χ1v) is 3.92. The third-order valence-electron chi connectivity index (χ3n) is 2.36. The molecular weight excluding hydrogens is 122 g/mol. The summed E-state index contributed by atoms with van der Waals surface area (Å²) >= 11 is 0. The molecule has 1 heteroatoms. The summed E-state index contributed by atoms with van der Waals surface area (Å²) in [6.45, 7) is 2.44. The molecule has 0 bridgehead atoms. The van der Waals surface area contributed by atoms with Gasteiger partial charge in [0, 0.05) is 13.1 Å². The second kappa shape index (κ2) is 2.24. The standard InChI is InChI=1S/C9H13N/c1-10-6-5-8-3-2-4-9(8)7-10/h2-3H,4-7H2,1H3. The predicted octanol–water partition coefficient (Wildman–Crippen LogP) is 1.58. The van der Waals surface area contributed by atoms with Crippen molar-refractivity contribution >= 4 is 0 Å². The Morgan fingerprint density at radius 1 is 1.50 bits per heavy atom. The molecule has 0 atom stereocenters. The van der Waals surface area contributed by atoms with E-state index in [9.17, 15) is 0 Å². The Morgan fingerprint density at radius 3 is 3.30 bits per heavy atom. The minimum Gasteiger partial charge on any atom is -0.302 e. The third-order valence-corrected chi connectivity index (χ3v) is 2.36. The summed E-state index contributed by atoms with van der Waals surface area (Å²) in [5, 5.41) is 0. The van der Waals surface area contributed by atoms with E-state index in [-0.39, 0.29) is 0 Å². The van der Waals surface area contributed by atoms with Gasteiger partial charge in [0.15, 0.2) is 0 Å². The largest absolute Gasteiger partial charge is 0.302 e. The van der Waals surface area contributed by atoms with Crippen LogP contribution in [0.4, 0.5) is 0 Å². The molecule has 0 aromatic heterocycles. The highest BCUT2D eigenvalue weighted by molar-refractivity contribution is 5.36. The lowest BCUT2D eigenvalue weighted by Gasteiger charge is -2.23. The molecule has 1 nitrogen and oxygen atoms in total. The van der Waals surface area contributed by atoms with E-state index in [0.717, 1.165) is 0 Å². The van der Waals surface area contributed by atoms with Crippen molar-refractivity contribution in [1.29, 1.82) is 0 Å². The van der Waals surface area contributed by atoms with Crippen LogP contribution in [0.2, 0.25) is 0 Å². The summed E-state index contributed by atoms with van der Waals surface area (Å²) in [6.07, 6.45) is 7.05. The molecule has 0 saturated carbocycles. The number of allylic oxidation sites excluding steroid dienone is 2. The quantitative estimate of drug-likeness (QED) is 0.487. The van der Waals surface area contributed by atoms with Crippen molar-refractivity contribution in [3.05, 3.63) is 23.3 Å². The van der Waals surface area contributed by atoms with Crippen LogP contribution in [-0.2, 0) is 0 Å². The topological polar surface area (TPSA) is 3.24 Å². The van der Waals surface area contributed by atoms with Gasteiger partial charge >= 0.3 is 0 Å². The van der Waals surface area contributed by atoms with Gasteiger partial charge in [-0.2, -0.15) is 0 Å². The molecule has 0 unspecified atom stereocenters. The average molecular weight is 135 g/mol. The van der Waals surface area contributed by atoms with Gasteiger partial charge in [0.05, 0.1) is 0 Å². The second-order valence-corrected chi connectivity index (χ2v) is 3.22. The van der Waals surface area contributed by atoms with Gasteiger partial charge in [0.25, 0.3) is 0 Å². The molecule has 1 aliphatic carbocycles. The van der Waals surface area contributed by atoms with Gasteiger partial charge in [0.2, 0.25) is 0 Å². The highest BCUT2D eigenvalue weighted by Crippen LogP contribution is 2.25. The normalized spacial score (nSPS) is 25.7. The van der Waals surface area contributed by atoms with Crippen molar-refractivity contribution in [3.63, 3.8) is 0 Å². The minimum absolute atomic E-state index is 1.20. The molecule has 0 saturated heterocycles. The average Bonchev–Trinajstić information content (AvgIpc) is 2.33. The molecule has 2 rings (SSSR count). The van der Waals surface area contributed by atoms with Crippen LogP contribution in [0.3, 0.4) is 0 Å². The highest BCUT2D eigenvalue weighted by atomic mass is 15.1. The summed E-state index contributed by atoms with van der Waals surface area (Å²) in [4.78, 5) is 2.39. The molecule has 2 aliphatic rings. The zero-order valence-corrected chi connectivity index (χ0v) is 6.43. The molecular formula is C9H13N. The molecule has 0 radical (unpaired) electrons. The van der Waals surface area contributed by atoms with Gasteiger partial charge in [-0.25, -0.2) is 0 Å². The molecule has 0 amide bonds. The van der Waals surface area contributed by atoms with Crippen LogP contribution in [0, 0.1) is 0 Å². The smallest absolute Gasteiger partial charge is 0.0198 e. The van der Waals surface area contributed by atoms with Crippen LogP contribution in [0.1, 0.15) is 12.8 Å². The Hall–Kier alpha value is -0.560. The number of rotatable bonds is 0. The Bertz CT molecular complexity index is 201. The van der Waals surface area contributed by atoms with Crippen LogP contribution in [-0.4, -0.2) is 25.0 Å². The van der Waals surface area contributed by atoms with Crippen molar-refractivity contribution in [2.75, 3.05) is 20.1 Å². The van der Waals surface area contributed by atoms with E-state index in [1.54, 1.807) is 11.1 Å². The zero-order chi connectivity index (χ0) is 6.97. The Morgan fingerprint density at radius 2 is 2.40 bits per heavy atom. The SMILES string of the molecule is CN1CCC2=C(CC=C2)C1. The van der Waals surface area contributed by atoms with E-state index >= 15 is 0 Å². The molecule has 10 heavy (non-hydrogen) atoms. The van der Waals surface area contributed by atoms with Gasteiger partial charge in [-0.1, -0.05) is 12.2 Å². The number of hydrogen-bond donors (Lipinski definition) is 0. The maximum Gasteiger partial charge on any atom is 0.0198 e. The maximum absolute atomic E-state index is 2.39. The van der Waals surface area contributed by atoms with Crippen molar-refractivity contribution in [2.24, 2.45) is 0 Å². The molecule has 0 N–H and O–H groups in total. The van der Waals surface area contributed by atoms with Gasteiger partial charge in [0.1, 0.15) is 0 Å². The van der Waals surface area contributed by atoms with Crippen molar-refractivity contribution in [2.45, 2.75) is 12.8 Å². The van der Waals surface area contributed by atoms with Crippen LogP contribution in [0.5, 0.6) is 0 Å². The predicted molar refractivity (Wildman–Crippen MR) is 42.9 cm³/mol. The minimum atomic E-state index is 1.20. The number of nitrogens with zero attached hydrogens (tertiary/aromatic N) is 1. The fourth-order valence-electron chi connectivity index (χ4n) is 1.73. The van der Waals surface area contributed by atoms with Crippen LogP contribution in [0.15, 0.2) is 23.3 Å². The summed E-state index contributed by atoms with van der Waals surface area (Å²) in [5.74, 6) is 0. The van der Waals surface area contributed by atoms with Crippen molar-refractivity contribution in [1.82, 2.24) is 4.90 Å². The fourth-order valence-corrected chi connectivity index (χ4v) is 1.73. The molecule has 0 aromatic rings. The summed E-state index contributed by atoms with van der Waals surface area (Å²) < 4.78 is 0. The molecule has 0 fully saturated rings. The Kier molecular flexibility index (Phi) is 1.38. The monoisotopic (exact) mass is 135 g/mol. The van der Waals surface area contributed by atoms with Gasteiger partial charge in [-0.15, -0.1) is 0 Å². The van der Waals surface area contributed by atoms with Gasteiger partial charge in [-0.3, -0.25) is 0 Å². The van der Waals surface area contributed by atoms with E-state index in [1.165, 1.54) is 25.9 Å². The second-order valence-electron chi connectivity index (χ2n) is 3.22. The molecule has 0 aromatic carbocycles. The lowest BCUT2D eigenvalue weighted by atomic mass is 10.0. The fraction of sp³-hybridized carbons (Fsp3) is 0.556. The van der Waals surface area contributed by atoms with E-state index in [1.807, 2.05) is 0 Å². The first-order chi connectivity index (χ1) is 4.86. The highest BCUT2D eigenvalue weighted by Gasteiger charge is 2.15. The molecule has 54 valence electrons. The van der Waals surface area contributed by atoms with E-state index < -0.39 is 0 Å². The van der Waals surface area contributed by atoms with Crippen molar-refractivity contribution in [3.8, 4) is 0 Å². The summed E-state index contributed by atoms with van der Waals surface area (Å²) in [6, 6.07) is 0. The molecule has 1 heterocycles. The summed E-state index contributed by atoms with van der Waals surface area (Å²) in [5.41, 5.74) is 3.26. The molecule has 1 aliphatic heterocycles. The first-order valence-electron chi connectivity index (χ1n) is 3.92. The first kappa shape index (κ1) is 6.17. The lowest BCUT2D eigenvalue weighted by Crippen LogP contribution is -2.26. The van der Waals surface area contributed by atoms with Gasteiger partial charge < -0.3 is 4.90 Å². The zero-order valence-electron chi connectivity index (χ0n) is 6.43. The van der Waals surface area contributed by atoms with Crippen LogP contribution in [0.25, 0.3) is 0 Å². The van der Waals surface area contributed by atoms with E-state index in [2.05, 4.69) is 24.1 Å². The van der Waals surface area contributed by atoms with E-state index in [4.69, 9.17) is 0 Å². The van der Waals surface area contributed by atoms with Gasteiger partial charge in [-0.05, 0) is 31.0 Å². The van der Waals surface area contributed by atoms with Crippen LogP contribution < -0.4 is 0 Å². The van der Waals surface area contributed by atoms with Crippen LogP contribution >= 0.6 is 0 Å². The number of hydrogen-bond acceptors (Lipinski definition) is 1. The number of likely N-dealkylation sites (N-methyl/N-ethyl adjacent to an activating group) is 1. The Labute approximate surface area is 62.0 Å². The molecule has 0 spiro atoms. The Balaban J connectivity index is 2.18. The van der Waals surface area contributed by atoms with E-state index in [0.29, 0.717) is 0 Å². The lowest BCUT2D eigenvalue weighted by molar-refractivity contribution is 0.349. The van der Waals surface area contributed by atoms with Crippen molar-refractivity contribution < 1.29 is 0 Å². The third kappa shape index (κ3) is 0.907.